The molecule has 6 nitrogen and oxygen atoms in total. The van der Waals surface area contributed by atoms with Crippen molar-refractivity contribution < 1.29 is 14.3 Å². The van der Waals surface area contributed by atoms with Crippen LogP contribution in [-0.2, 0) is 9.59 Å². The largest absolute Gasteiger partial charge is 0.493 e. The molecule has 0 aliphatic rings. The Balaban J connectivity index is 2.31. The van der Waals surface area contributed by atoms with Gasteiger partial charge < -0.3 is 20.7 Å². The lowest BCUT2D eigenvalue weighted by Crippen LogP contribution is -2.45. The molecule has 0 heterocycles. The van der Waals surface area contributed by atoms with Crippen LogP contribution in [0.5, 0.6) is 5.75 Å². The Hall–Kier alpha value is -2.24. The van der Waals surface area contributed by atoms with Crippen molar-refractivity contribution in [1.82, 2.24) is 10.2 Å². The number of nitrogens with two attached hydrogens (primary N) is 1. The Morgan fingerprint density at radius 1 is 1.33 bits per heavy atom. The summed E-state index contributed by atoms with van der Waals surface area (Å²) < 4.78 is 5.43. The fourth-order valence-electron chi connectivity index (χ4n) is 1.69. The van der Waals surface area contributed by atoms with Gasteiger partial charge in [-0.1, -0.05) is 0 Å². The Morgan fingerprint density at radius 2 is 1.95 bits per heavy atom. The molecule has 0 aliphatic carbocycles. The number of hydrogen-bond acceptors (Lipinski definition) is 4. The first kappa shape index (κ1) is 16.8. The second-order valence-corrected chi connectivity index (χ2v) is 4.81. The van der Waals surface area contributed by atoms with Crippen molar-refractivity contribution in [3.8, 4) is 5.75 Å². The SMILES string of the molecule is CCN(C)C(=O)C(C)NC(=O)CCOc1ccc(N)cc1. The van der Waals surface area contributed by atoms with Crippen LogP contribution in [0.15, 0.2) is 24.3 Å². The topological polar surface area (TPSA) is 84.7 Å². The third-order valence-corrected chi connectivity index (χ3v) is 3.08. The summed E-state index contributed by atoms with van der Waals surface area (Å²) in [6.45, 7) is 4.42. The van der Waals surface area contributed by atoms with Crippen molar-refractivity contribution in [3.63, 3.8) is 0 Å². The van der Waals surface area contributed by atoms with E-state index in [9.17, 15) is 9.59 Å². The molecule has 21 heavy (non-hydrogen) atoms. The van der Waals surface area contributed by atoms with Gasteiger partial charge in [-0.25, -0.2) is 0 Å². The fraction of sp³-hybridized carbons (Fsp3) is 0.467. The average molecular weight is 293 g/mol. The van der Waals surface area contributed by atoms with Gasteiger partial charge in [-0.15, -0.1) is 0 Å². The zero-order valence-corrected chi connectivity index (χ0v) is 12.8. The Kier molecular flexibility index (Phi) is 6.52. The van der Waals surface area contributed by atoms with Gasteiger partial charge in [0.15, 0.2) is 0 Å². The number of nitrogens with one attached hydrogen (secondary N) is 1. The van der Waals surface area contributed by atoms with E-state index >= 15 is 0 Å². The number of likely N-dealkylation sites (N-methyl/N-ethyl adjacent to an activating group) is 1. The maximum absolute atomic E-state index is 11.8. The minimum Gasteiger partial charge on any atom is -0.493 e. The molecule has 0 radical (unpaired) electrons. The Morgan fingerprint density at radius 3 is 2.52 bits per heavy atom. The van der Waals surface area contributed by atoms with Gasteiger partial charge in [0.2, 0.25) is 11.8 Å². The fourth-order valence-corrected chi connectivity index (χ4v) is 1.69. The van der Waals surface area contributed by atoms with E-state index in [4.69, 9.17) is 10.5 Å². The minimum absolute atomic E-state index is 0.106. The molecule has 1 atom stereocenters. The summed E-state index contributed by atoms with van der Waals surface area (Å²) in [6, 6.07) is 6.43. The van der Waals surface area contributed by atoms with Gasteiger partial charge in [0.25, 0.3) is 0 Å². The molecule has 0 aromatic heterocycles. The maximum Gasteiger partial charge on any atom is 0.244 e. The quantitative estimate of drug-likeness (QED) is 0.735. The molecule has 1 aromatic carbocycles. The second-order valence-electron chi connectivity index (χ2n) is 4.81. The average Bonchev–Trinajstić information content (AvgIpc) is 2.47. The summed E-state index contributed by atoms with van der Waals surface area (Å²) in [4.78, 5) is 25.1. The van der Waals surface area contributed by atoms with Crippen LogP contribution in [-0.4, -0.2) is 43.0 Å². The summed E-state index contributed by atoms with van der Waals surface area (Å²) in [5, 5.41) is 2.66. The summed E-state index contributed by atoms with van der Waals surface area (Å²) in [7, 11) is 1.70. The molecule has 3 N–H and O–H groups in total. The molecule has 1 rings (SSSR count). The molecule has 0 aliphatic heterocycles. The lowest BCUT2D eigenvalue weighted by molar-refractivity contribution is -0.134. The third kappa shape index (κ3) is 5.72. The van der Waals surface area contributed by atoms with Crippen LogP contribution >= 0.6 is 0 Å². The van der Waals surface area contributed by atoms with Crippen LogP contribution in [0.2, 0.25) is 0 Å². The predicted octanol–water partition coefficient (Wildman–Crippen LogP) is 1.02. The Bertz CT molecular complexity index is 474. The van der Waals surface area contributed by atoms with E-state index in [2.05, 4.69) is 5.32 Å². The smallest absolute Gasteiger partial charge is 0.244 e. The van der Waals surface area contributed by atoms with Crippen molar-refractivity contribution in [2.24, 2.45) is 0 Å². The van der Waals surface area contributed by atoms with Crippen LogP contribution in [0, 0.1) is 0 Å². The van der Waals surface area contributed by atoms with Gasteiger partial charge in [0.1, 0.15) is 11.8 Å². The van der Waals surface area contributed by atoms with Gasteiger partial charge in [0, 0.05) is 19.3 Å². The van der Waals surface area contributed by atoms with E-state index in [1.165, 1.54) is 0 Å². The standard InChI is InChI=1S/C15H23N3O3/c1-4-18(3)15(20)11(2)17-14(19)9-10-21-13-7-5-12(16)6-8-13/h5-8,11H,4,9-10,16H2,1-3H3,(H,17,19). The van der Waals surface area contributed by atoms with E-state index < -0.39 is 6.04 Å². The van der Waals surface area contributed by atoms with Gasteiger partial charge >= 0.3 is 0 Å². The highest BCUT2D eigenvalue weighted by Gasteiger charge is 2.18. The molecule has 1 aromatic rings. The van der Waals surface area contributed by atoms with Gasteiger partial charge in [0.05, 0.1) is 13.0 Å². The minimum atomic E-state index is -0.529. The molecule has 0 saturated carbocycles. The number of carbonyl (C=O) groups excluding carboxylic acids is 2. The number of benzene rings is 1. The van der Waals surface area contributed by atoms with Crippen LogP contribution in [0.4, 0.5) is 5.69 Å². The van der Waals surface area contributed by atoms with E-state index in [0.29, 0.717) is 18.0 Å². The molecule has 0 fully saturated rings. The van der Waals surface area contributed by atoms with E-state index in [-0.39, 0.29) is 24.8 Å². The normalized spacial score (nSPS) is 11.6. The molecule has 6 heteroatoms. The van der Waals surface area contributed by atoms with Crippen LogP contribution in [0.1, 0.15) is 20.3 Å². The monoisotopic (exact) mass is 293 g/mol. The molecule has 0 bridgehead atoms. The molecular formula is C15H23N3O3. The lowest BCUT2D eigenvalue weighted by atomic mass is 10.2. The van der Waals surface area contributed by atoms with Crippen LogP contribution in [0.3, 0.4) is 0 Å². The van der Waals surface area contributed by atoms with Crippen LogP contribution in [0.25, 0.3) is 0 Å². The highest BCUT2D eigenvalue weighted by Crippen LogP contribution is 2.13. The highest BCUT2D eigenvalue weighted by molar-refractivity contribution is 5.87. The summed E-state index contributed by atoms with van der Waals surface area (Å²) in [5.74, 6) is 0.341. The van der Waals surface area contributed by atoms with Crippen LogP contribution < -0.4 is 15.8 Å². The zero-order valence-electron chi connectivity index (χ0n) is 12.8. The molecule has 116 valence electrons. The maximum atomic E-state index is 11.8. The predicted molar refractivity (Wildman–Crippen MR) is 81.9 cm³/mol. The lowest BCUT2D eigenvalue weighted by Gasteiger charge is -2.20. The second kappa shape index (κ2) is 8.14. The van der Waals surface area contributed by atoms with Crippen molar-refractivity contribution in [1.29, 1.82) is 0 Å². The summed E-state index contributed by atoms with van der Waals surface area (Å²) in [6.07, 6.45) is 0.192. The first-order valence-electron chi connectivity index (χ1n) is 6.96. The number of rotatable bonds is 7. The first-order valence-corrected chi connectivity index (χ1v) is 6.96. The van der Waals surface area contributed by atoms with Crippen molar-refractivity contribution in [2.75, 3.05) is 25.9 Å². The number of ether oxygens (including phenoxy) is 1. The molecule has 2 amide bonds. The van der Waals surface area contributed by atoms with E-state index in [1.54, 1.807) is 43.1 Å². The van der Waals surface area contributed by atoms with E-state index in [1.807, 2.05) is 6.92 Å². The molecule has 0 saturated heterocycles. The number of anilines is 1. The highest BCUT2D eigenvalue weighted by atomic mass is 16.5. The van der Waals surface area contributed by atoms with Gasteiger partial charge in [-0.3, -0.25) is 9.59 Å². The number of carbonyl (C=O) groups is 2. The van der Waals surface area contributed by atoms with Gasteiger partial charge in [-0.2, -0.15) is 0 Å². The van der Waals surface area contributed by atoms with Gasteiger partial charge in [-0.05, 0) is 38.1 Å². The van der Waals surface area contributed by atoms with Crippen molar-refractivity contribution >= 4 is 17.5 Å². The molecule has 0 spiro atoms. The molecule has 1 unspecified atom stereocenters. The number of hydrogen-bond donors (Lipinski definition) is 2. The molecular weight excluding hydrogens is 270 g/mol. The zero-order chi connectivity index (χ0) is 15.8. The Labute approximate surface area is 125 Å². The number of amides is 2. The van der Waals surface area contributed by atoms with E-state index in [0.717, 1.165) is 0 Å². The third-order valence-electron chi connectivity index (χ3n) is 3.08. The summed E-state index contributed by atoms with van der Waals surface area (Å²) in [5.41, 5.74) is 6.23. The van der Waals surface area contributed by atoms with Crippen molar-refractivity contribution in [2.45, 2.75) is 26.3 Å². The first-order chi connectivity index (χ1) is 9.93. The number of nitrogens with zero attached hydrogens (tertiary/aromatic N) is 1. The van der Waals surface area contributed by atoms with Crippen molar-refractivity contribution in [3.05, 3.63) is 24.3 Å². The summed E-state index contributed by atoms with van der Waals surface area (Å²) >= 11 is 0. The number of nitrogen functional groups attached to an aromatic ring is 1.